The van der Waals surface area contributed by atoms with Crippen molar-refractivity contribution in [2.24, 2.45) is 0 Å². The monoisotopic (exact) mass is 372 g/mol. The maximum absolute atomic E-state index is 13.2. The number of carbonyl (C=O) groups is 1. The van der Waals surface area contributed by atoms with Crippen molar-refractivity contribution in [3.05, 3.63) is 76.1 Å². The molecule has 2 aromatic carbocycles. The van der Waals surface area contributed by atoms with Crippen LogP contribution in [0.5, 0.6) is 0 Å². The molecule has 0 saturated carbocycles. The van der Waals surface area contributed by atoms with E-state index < -0.39 is 23.5 Å². The molecule has 1 amide bonds. The number of nitrogens with one attached hydrogen (secondary N) is 1. The molecular formula is C18H14ClFN4O2. The van der Waals surface area contributed by atoms with Gasteiger partial charge in [-0.05, 0) is 37.3 Å². The highest BCUT2D eigenvalue weighted by molar-refractivity contribution is 6.30. The SMILES string of the molecule is C[C@@H](C(=O)Nc1cccc(F)c1)n1ncc(-c2ccc(Cl)cc2)nc1=O. The summed E-state index contributed by atoms with van der Waals surface area (Å²) >= 11 is 5.84. The van der Waals surface area contributed by atoms with E-state index in [0.717, 1.165) is 4.68 Å². The second kappa shape index (κ2) is 7.45. The number of halogens is 2. The molecule has 0 aliphatic heterocycles. The molecule has 132 valence electrons. The minimum absolute atomic E-state index is 0.292. The van der Waals surface area contributed by atoms with Crippen molar-refractivity contribution in [3.8, 4) is 11.3 Å². The molecule has 0 aliphatic carbocycles. The van der Waals surface area contributed by atoms with Gasteiger partial charge in [0, 0.05) is 16.3 Å². The van der Waals surface area contributed by atoms with Gasteiger partial charge in [0.15, 0.2) is 0 Å². The second-order valence-electron chi connectivity index (χ2n) is 5.55. The van der Waals surface area contributed by atoms with Gasteiger partial charge in [0.25, 0.3) is 0 Å². The summed E-state index contributed by atoms with van der Waals surface area (Å²) in [5.41, 5.74) is 0.684. The Balaban J connectivity index is 1.81. The van der Waals surface area contributed by atoms with Crippen molar-refractivity contribution in [1.29, 1.82) is 0 Å². The molecule has 6 nitrogen and oxygen atoms in total. The van der Waals surface area contributed by atoms with Crippen LogP contribution in [0.4, 0.5) is 10.1 Å². The highest BCUT2D eigenvalue weighted by Gasteiger charge is 2.18. The van der Waals surface area contributed by atoms with E-state index in [9.17, 15) is 14.0 Å². The largest absolute Gasteiger partial charge is 0.365 e. The number of rotatable bonds is 4. The molecule has 0 radical (unpaired) electrons. The van der Waals surface area contributed by atoms with Gasteiger partial charge in [-0.25, -0.2) is 13.9 Å². The third kappa shape index (κ3) is 3.94. The van der Waals surface area contributed by atoms with Gasteiger partial charge < -0.3 is 5.32 Å². The molecule has 0 saturated heterocycles. The zero-order valence-electron chi connectivity index (χ0n) is 13.7. The van der Waals surface area contributed by atoms with Crippen molar-refractivity contribution in [2.75, 3.05) is 5.32 Å². The Morgan fingerprint density at radius 1 is 1.23 bits per heavy atom. The molecule has 0 aliphatic rings. The van der Waals surface area contributed by atoms with E-state index in [4.69, 9.17) is 11.6 Å². The van der Waals surface area contributed by atoms with Crippen LogP contribution in [0.1, 0.15) is 13.0 Å². The van der Waals surface area contributed by atoms with Gasteiger partial charge in [-0.2, -0.15) is 10.1 Å². The van der Waals surface area contributed by atoms with Crippen LogP contribution in [0.25, 0.3) is 11.3 Å². The highest BCUT2D eigenvalue weighted by atomic mass is 35.5. The maximum atomic E-state index is 13.2. The van der Waals surface area contributed by atoms with E-state index in [2.05, 4.69) is 15.4 Å². The lowest BCUT2D eigenvalue weighted by atomic mass is 10.2. The molecule has 8 heteroatoms. The fourth-order valence-electron chi connectivity index (χ4n) is 2.30. The topological polar surface area (TPSA) is 76.9 Å². The summed E-state index contributed by atoms with van der Waals surface area (Å²) in [5.74, 6) is -0.981. The number of anilines is 1. The zero-order chi connectivity index (χ0) is 18.7. The summed E-state index contributed by atoms with van der Waals surface area (Å²) in [5, 5.41) is 7.14. The second-order valence-corrected chi connectivity index (χ2v) is 5.99. The fraction of sp³-hybridized carbons (Fsp3) is 0.111. The van der Waals surface area contributed by atoms with E-state index in [1.807, 2.05) is 0 Å². The van der Waals surface area contributed by atoms with Gasteiger partial charge in [0.05, 0.1) is 11.9 Å². The highest BCUT2D eigenvalue weighted by Crippen LogP contribution is 2.18. The Morgan fingerprint density at radius 3 is 2.62 bits per heavy atom. The van der Waals surface area contributed by atoms with Crippen molar-refractivity contribution in [2.45, 2.75) is 13.0 Å². The standard InChI is InChI=1S/C18H14ClFN4O2/c1-11(17(25)22-15-4-2-3-14(20)9-15)24-18(26)23-16(10-21-24)12-5-7-13(19)8-6-12/h2-11H,1H3,(H,22,25)/t11-/m0/s1. The van der Waals surface area contributed by atoms with Crippen LogP contribution in [0, 0.1) is 5.82 Å². The number of hydrogen-bond donors (Lipinski definition) is 1. The van der Waals surface area contributed by atoms with E-state index >= 15 is 0 Å². The average Bonchev–Trinajstić information content (AvgIpc) is 2.61. The predicted molar refractivity (Wildman–Crippen MR) is 96.5 cm³/mol. The maximum Gasteiger partial charge on any atom is 0.365 e. The lowest BCUT2D eigenvalue weighted by molar-refractivity contribution is -0.119. The predicted octanol–water partition coefficient (Wildman–Crippen LogP) is 3.30. The van der Waals surface area contributed by atoms with E-state index in [1.165, 1.54) is 31.3 Å². The number of aromatic nitrogens is 3. The Hall–Kier alpha value is -3.06. The lowest BCUT2D eigenvalue weighted by Gasteiger charge is -2.14. The zero-order valence-corrected chi connectivity index (χ0v) is 14.4. The Morgan fingerprint density at radius 2 is 1.96 bits per heavy atom. The first-order chi connectivity index (χ1) is 12.4. The molecule has 1 heterocycles. The number of nitrogens with zero attached hydrogens (tertiary/aromatic N) is 3. The van der Waals surface area contributed by atoms with Gasteiger partial charge in [-0.15, -0.1) is 0 Å². The number of hydrogen-bond acceptors (Lipinski definition) is 4. The fourth-order valence-corrected chi connectivity index (χ4v) is 2.42. The summed E-state index contributed by atoms with van der Waals surface area (Å²) in [4.78, 5) is 28.5. The molecule has 26 heavy (non-hydrogen) atoms. The van der Waals surface area contributed by atoms with Gasteiger partial charge in [-0.3, -0.25) is 4.79 Å². The Bertz CT molecular complexity index is 1000. The van der Waals surface area contributed by atoms with Gasteiger partial charge in [0.2, 0.25) is 5.91 Å². The van der Waals surface area contributed by atoms with Crippen molar-refractivity contribution < 1.29 is 9.18 Å². The van der Waals surface area contributed by atoms with Gasteiger partial charge in [-0.1, -0.05) is 29.8 Å². The van der Waals surface area contributed by atoms with Crippen molar-refractivity contribution in [1.82, 2.24) is 14.8 Å². The smallest absolute Gasteiger partial charge is 0.324 e. The minimum Gasteiger partial charge on any atom is -0.324 e. The van der Waals surface area contributed by atoms with Crippen LogP contribution in [0.2, 0.25) is 5.02 Å². The van der Waals surface area contributed by atoms with Crippen LogP contribution in [-0.4, -0.2) is 20.7 Å². The number of carbonyl (C=O) groups excluding carboxylic acids is 1. The van der Waals surface area contributed by atoms with Crippen LogP contribution in [0.15, 0.2) is 59.5 Å². The first-order valence-corrected chi connectivity index (χ1v) is 8.10. The normalized spacial score (nSPS) is 11.8. The van der Waals surface area contributed by atoms with Crippen LogP contribution < -0.4 is 11.0 Å². The summed E-state index contributed by atoms with van der Waals surface area (Å²) in [6, 6.07) is 11.4. The van der Waals surface area contributed by atoms with Crippen molar-refractivity contribution in [3.63, 3.8) is 0 Å². The molecule has 0 spiro atoms. The van der Waals surface area contributed by atoms with Crippen LogP contribution >= 0.6 is 11.6 Å². The minimum atomic E-state index is -0.919. The summed E-state index contributed by atoms with van der Waals surface area (Å²) in [6.45, 7) is 1.51. The molecule has 1 N–H and O–H groups in total. The third-order valence-corrected chi connectivity index (χ3v) is 3.95. The van der Waals surface area contributed by atoms with Crippen LogP contribution in [0.3, 0.4) is 0 Å². The average molecular weight is 373 g/mol. The lowest BCUT2D eigenvalue weighted by Crippen LogP contribution is -2.34. The summed E-state index contributed by atoms with van der Waals surface area (Å²) < 4.78 is 14.2. The molecule has 3 aromatic rings. The van der Waals surface area contributed by atoms with Crippen LogP contribution in [-0.2, 0) is 4.79 Å². The third-order valence-electron chi connectivity index (χ3n) is 3.69. The van der Waals surface area contributed by atoms with Gasteiger partial charge in [0.1, 0.15) is 11.9 Å². The molecule has 0 fully saturated rings. The number of benzene rings is 2. The molecule has 1 atom stereocenters. The van der Waals surface area contributed by atoms with E-state index in [1.54, 1.807) is 30.3 Å². The van der Waals surface area contributed by atoms with Crippen molar-refractivity contribution >= 4 is 23.2 Å². The molecule has 3 rings (SSSR count). The first kappa shape index (κ1) is 17.8. The van der Waals surface area contributed by atoms with E-state index in [-0.39, 0.29) is 0 Å². The van der Waals surface area contributed by atoms with Gasteiger partial charge >= 0.3 is 5.69 Å². The Labute approximate surface area is 153 Å². The number of amides is 1. The van der Waals surface area contributed by atoms with E-state index in [0.29, 0.717) is 22.0 Å². The molecule has 0 unspecified atom stereocenters. The molecule has 0 bridgehead atoms. The molecular weight excluding hydrogens is 359 g/mol. The summed E-state index contributed by atoms with van der Waals surface area (Å²) in [6.07, 6.45) is 1.40. The quantitative estimate of drug-likeness (QED) is 0.762. The molecule has 1 aromatic heterocycles. The Kier molecular flexibility index (Phi) is 5.09. The first-order valence-electron chi connectivity index (χ1n) is 7.72. The summed E-state index contributed by atoms with van der Waals surface area (Å²) in [7, 11) is 0.